The number of unbranched alkanes of at least 4 members (excludes halogenated alkanes) is 1. The summed E-state index contributed by atoms with van der Waals surface area (Å²) in [6.45, 7) is 9.01. The second kappa shape index (κ2) is 7.79. The van der Waals surface area contributed by atoms with Crippen LogP contribution in [-0.4, -0.2) is 37.7 Å². The number of aromatic nitrogens is 3. The molecule has 0 aliphatic carbocycles. The minimum absolute atomic E-state index is 0.0174. The first-order valence-electron chi connectivity index (χ1n) is 8.25. The Labute approximate surface area is 148 Å². The van der Waals surface area contributed by atoms with Gasteiger partial charge >= 0.3 is 0 Å². The van der Waals surface area contributed by atoms with Gasteiger partial charge in [-0.3, -0.25) is 4.79 Å². The Balaban J connectivity index is 2.42. The van der Waals surface area contributed by atoms with Gasteiger partial charge in [0, 0.05) is 17.1 Å². The van der Waals surface area contributed by atoms with Crippen molar-refractivity contribution in [2.75, 3.05) is 6.54 Å². The Bertz CT molecular complexity index is 647. The molecule has 1 unspecified atom stereocenters. The zero-order valence-electron chi connectivity index (χ0n) is 14.7. The van der Waals surface area contributed by atoms with Crippen molar-refractivity contribution < 1.29 is 4.79 Å². The van der Waals surface area contributed by atoms with Crippen molar-refractivity contribution >= 4 is 17.5 Å². The molecule has 0 N–H and O–H groups in total. The third-order valence-corrected chi connectivity index (χ3v) is 4.18. The van der Waals surface area contributed by atoms with Crippen molar-refractivity contribution in [3.05, 3.63) is 47.5 Å². The van der Waals surface area contributed by atoms with Gasteiger partial charge in [-0.2, -0.15) is 5.10 Å². The van der Waals surface area contributed by atoms with Crippen molar-refractivity contribution in [2.24, 2.45) is 0 Å². The Hall–Kier alpha value is -1.88. The van der Waals surface area contributed by atoms with E-state index in [4.69, 9.17) is 11.6 Å². The van der Waals surface area contributed by atoms with Crippen LogP contribution in [0.2, 0.25) is 5.02 Å². The van der Waals surface area contributed by atoms with E-state index in [0.717, 1.165) is 24.9 Å². The summed E-state index contributed by atoms with van der Waals surface area (Å²) in [5, 5.41) is 4.85. The number of carbonyl (C=O) groups excluding carboxylic acids is 1. The van der Waals surface area contributed by atoms with Crippen LogP contribution in [0.15, 0.2) is 36.9 Å². The Morgan fingerprint density at radius 2 is 1.96 bits per heavy atom. The van der Waals surface area contributed by atoms with Crippen LogP contribution in [0.1, 0.15) is 52.1 Å². The van der Waals surface area contributed by atoms with E-state index in [9.17, 15) is 4.79 Å². The molecular weight excluding hydrogens is 324 g/mol. The van der Waals surface area contributed by atoms with Crippen LogP contribution in [-0.2, 0) is 4.79 Å². The van der Waals surface area contributed by atoms with Crippen molar-refractivity contribution in [1.82, 2.24) is 19.7 Å². The third-order valence-electron chi connectivity index (χ3n) is 3.93. The molecular formula is C18H25ClN4O. The van der Waals surface area contributed by atoms with E-state index in [0.29, 0.717) is 5.02 Å². The number of carbonyl (C=O) groups is 1. The van der Waals surface area contributed by atoms with Gasteiger partial charge in [0.15, 0.2) is 6.04 Å². The van der Waals surface area contributed by atoms with Gasteiger partial charge < -0.3 is 4.90 Å². The summed E-state index contributed by atoms with van der Waals surface area (Å²) in [4.78, 5) is 19.3. The molecule has 0 spiro atoms. The van der Waals surface area contributed by atoms with E-state index in [1.54, 1.807) is 23.1 Å². The summed E-state index contributed by atoms with van der Waals surface area (Å²) >= 11 is 5.99. The van der Waals surface area contributed by atoms with Crippen LogP contribution in [0.4, 0.5) is 0 Å². The fraction of sp³-hybridized carbons (Fsp3) is 0.500. The molecule has 0 aliphatic heterocycles. The number of halogens is 1. The lowest BCUT2D eigenvalue weighted by Gasteiger charge is -2.38. The Morgan fingerprint density at radius 3 is 2.46 bits per heavy atom. The minimum Gasteiger partial charge on any atom is -0.336 e. The average Bonchev–Trinajstić information content (AvgIpc) is 3.02. The monoisotopic (exact) mass is 348 g/mol. The lowest BCUT2D eigenvalue weighted by atomic mass is 10.00. The second-order valence-corrected chi connectivity index (χ2v) is 7.28. The van der Waals surface area contributed by atoms with Crippen LogP contribution < -0.4 is 0 Å². The van der Waals surface area contributed by atoms with Crippen molar-refractivity contribution in [1.29, 1.82) is 0 Å². The molecule has 2 aromatic rings. The van der Waals surface area contributed by atoms with Gasteiger partial charge in [-0.25, -0.2) is 9.67 Å². The smallest absolute Gasteiger partial charge is 0.252 e. The highest BCUT2D eigenvalue weighted by Crippen LogP contribution is 2.26. The predicted molar refractivity (Wildman–Crippen MR) is 96.0 cm³/mol. The number of nitrogens with zero attached hydrogens (tertiary/aromatic N) is 4. The van der Waals surface area contributed by atoms with E-state index in [2.05, 4.69) is 37.8 Å². The first kappa shape index (κ1) is 18.5. The van der Waals surface area contributed by atoms with Crippen LogP contribution in [0.25, 0.3) is 0 Å². The summed E-state index contributed by atoms with van der Waals surface area (Å²) in [7, 11) is 0. The maximum Gasteiger partial charge on any atom is 0.252 e. The van der Waals surface area contributed by atoms with E-state index < -0.39 is 6.04 Å². The fourth-order valence-corrected chi connectivity index (χ4v) is 2.77. The van der Waals surface area contributed by atoms with Gasteiger partial charge in [0.05, 0.1) is 0 Å². The number of benzene rings is 1. The molecule has 0 fully saturated rings. The molecule has 1 atom stereocenters. The summed E-state index contributed by atoms with van der Waals surface area (Å²) in [5.74, 6) is 0.0174. The maximum absolute atomic E-state index is 13.4. The summed E-state index contributed by atoms with van der Waals surface area (Å²) in [5.41, 5.74) is 0.581. The fourth-order valence-electron chi connectivity index (χ4n) is 2.64. The molecule has 1 heterocycles. The molecule has 1 amide bonds. The van der Waals surface area contributed by atoms with E-state index >= 15 is 0 Å². The standard InChI is InChI=1S/C18H25ClN4O/c1-5-6-11-22(18(2,3)4)17(24)16(23-13-20-12-21-23)14-7-9-15(19)10-8-14/h7-10,12-13,16H,5-6,11H2,1-4H3. The molecule has 0 bridgehead atoms. The zero-order chi connectivity index (χ0) is 17.7. The first-order valence-corrected chi connectivity index (χ1v) is 8.63. The largest absolute Gasteiger partial charge is 0.336 e. The van der Waals surface area contributed by atoms with E-state index in [-0.39, 0.29) is 11.4 Å². The van der Waals surface area contributed by atoms with E-state index in [1.165, 1.54) is 6.33 Å². The SMILES string of the molecule is CCCCN(C(=O)C(c1ccc(Cl)cc1)n1cncn1)C(C)(C)C. The summed E-state index contributed by atoms with van der Waals surface area (Å²) < 4.78 is 1.61. The molecule has 130 valence electrons. The van der Waals surface area contributed by atoms with Crippen LogP contribution in [0.5, 0.6) is 0 Å². The molecule has 5 nitrogen and oxygen atoms in total. The van der Waals surface area contributed by atoms with Crippen LogP contribution in [0, 0.1) is 0 Å². The highest BCUT2D eigenvalue weighted by Gasteiger charge is 2.33. The first-order chi connectivity index (χ1) is 11.3. The Kier molecular flexibility index (Phi) is 5.99. The van der Waals surface area contributed by atoms with Crippen LogP contribution >= 0.6 is 11.6 Å². The number of hydrogen-bond donors (Lipinski definition) is 0. The predicted octanol–water partition coefficient (Wildman–Crippen LogP) is 3.95. The summed E-state index contributed by atoms with van der Waals surface area (Å²) in [6, 6.07) is 6.78. The number of rotatable bonds is 6. The van der Waals surface area contributed by atoms with Gasteiger partial charge in [0.1, 0.15) is 12.7 Å². The molecule has 24 heavy (non-hydrogen) atoms. The van der Waals surface area contributed by atoms with E-state index in [1.807, 2.05) is 17.0 Å². The zero-order valence-corrected chi connectivity index (χ0v) is 15.5. The third kappa shape index (κ3) is 4.35. The molecule has 1 aromatic heterocycles. The quantitative estimate of drug-likeness (QED) is 0.794. The molecule has 1 aromatic carbocycles. The maximum atomic E-state index is 13.4. The van der Waals surface area contributed by atoms with Gasteiger partial charge in [-0.1, -0.05) is 37.1 Å². The lowest BCUT2D eigenvalue weighted by molar-refractivity contribution is -0.138. The average molecular weight is 349 g/mol. The van der Waals surface area contributed by atoms with Gasteiger partial charge in [-0.15, -0.1) is 0 Å². The Morgan fingerprint density at radius 1 is 1.29 bits per heavy atom. The second-order valence-electron chi connectivity index (χ2n) is 6.84. The molecule has 0 saturated heterocycles. The number of hydrogen-bond acceptors (Lipinski definition) is 3. The van der Waals surface area contributed by atoms with Crippen molar-refractivity contribution in [3.8, 4) is 0 Å². The topological polar surface area (TPSA) is 51.0 Å². The normalized spacial score (nSPS) is 12.9. The van der Waals surface area contributed by atoms with Crippen molar-refractivity contribution in [3.63, 3.8) is 0 Å². The minimum atomic E-state index is -0.541. The molecule has 6 heteroatoms. The molecule has 2 rings (SSSR count). The number of amides is 1. The lowest BCUT2D eigenvalue weighted by Crippen LogP contribution is -2.49. The van der Waals surface area contributed by atoms with Crippen LogP contribution in [0.3, 0.4) is 0 Å². The van der Waals surface area contributed by atoms with Gasteiger partial charge in [0.2, 0.25) is 0 Å². The van der Waals surface area contributed by atoms with Crippen molar-refractivity contribution in [2.45, 2.75) is 52.1 Å². The highest BCUT2D eigenvalue weighted by molar-refractivity contribution is 6.30. The van der Waals surface area contributed by atoms with Gasteiger partial charge in [0.25, 0.3) is 5.91 Å². The molecule has 0 aliphatic rings. The highest BCUT2D eigenvalue weighted by atomic mass is 35.5. The molecule has 0 saturated carbocycles. The molecule has 0 radical (unpaired) electrons. The van der Waals surface area contributed by atoms with Gasteiger partial charge in [-0.05, 0) is 44.9 Å². The summed E-state index contributed by atoms with van der Waals surface area (Å²) in [6.07, 6.45) is 5.03.